The summed E-state index contributed by atoms with van der Waals surface area (Å²) in [5, 5.41) is 9.52. The number of hydrogen-bond donors (Lipinski definition) is 0. The third kappa shape index (κ3) is 4.13. The summed E-state index contributed by atoms with van der Waals surface area (Å²) in [6.07, 6.45) is 0.702. The van der Waals surface area contributed by atoms with Crippen LogP contribution in [0.4, 0.5) is 0 Å². The van der Waals surface area contributed by atoms with Gasteiger partial charge in [-0.25, -0.2) is 0 Å². The molecule has 0 aliphatic heterocycles. The van der Waals surface area contributed by atoms with Gasteiger partial charge in [0.25, 0.3) is 0 Å². The van der Waals surface area contributed by atoms with Gasteiger partial charge in [0.1, 0.15) is 5.75 Å². The van der Waals surface area contributed by atoms with Crippen LogP contribution in [0.2, 0.25) is 0 Å². The fraction of sp³-hybridized carbons (Fsp3) is 0.381. The van der Waals surface area contributed by atoms with E-state index in [4.69, 9.17) is 4.74 Å². The molecule has 0 saturated carbocycles. The van der Waals surface area contributed by atoms with Gasteiger partial charge in [0, 0.05) is 6.42 Å². The highest BCUT2D eigenvalue weighted by molar-refractivity contribution is 5.41. The van der Waals surface area contributed by atoms with Gasteiger partial charge < -0.3 is 4.74 Å². The lowest BCUT2D eigenvalue weighted by Gasteiger charge is -2.15. The van der Waals surface area contributed by atoms with Crippen LogP contribution in [-0.4, -0.2) is 6.61 Å². The summed E-state index contributed by atoms with van der Waals surface area (Å²) < 4.78 is 5.95. The Hall–Kier alpha value is -2.27. The number of benzene rings is 2. The predicted octanol–water partition coefficient (Wildman–Crippen LogP) is 5.30. The number of nitrogens with zero attached hydrogens (tertiary/aromatic N) is 1. The standard InChI is InChI=1S/C21H25NO/c1-14-6-7-15(2)20(10-14)19(13-22)8-9-23-21-12-17(4)16(3)11-18(21)5/h6-7,10-12,19H,8-9H2,1-5H3. The molecular formula is C21H25NO. The summed E-state index contributed by atoms with van der Waals surface area (Å²) in [5.41, 5.74) is 7.14. The van der Waals surface area contributed by atoms with Gasteiger partial charge in [0.15, 0.2) is 0 Å². The van der Waals surface area contributed by atoms with Crippen LogP contribution in [0.3, 0.4) is 0 Å². The molecule has 1 atom stereocenters. The van der Waals surface area contributed by atoms with Gasteiger partial charge in [0.2, 0.25) is 0 Å². The van der Waals surface area contributed by atoms with Crippen LogP contribution in [0.25, 0.3) is 0 Å². The molecule has 0 heterocycles. The van der Waals surface area contributed by atoms with Gasteiger partial charge >= 0.3 is 0 Å². The number of aryl methyl sites for hydroxylation is 5. The van der Waals surface area contributed by atoms with Gasteiger partial charge in [0.05, 0.1) is 18.6 Å². The zero-order chi connectivity index (χ0) is 17.0. The van der Waals surface area contributed by atoms with Crippen LogP contribution in [0.1, 0.15) is 45.7 Å². The maximum Gasteiger partial charge on any atom is 0.122 e. The second-order valence-electron chi connectivity index (χ2n) is 6.38. The summed E-state index contributed by atoms with van der Waals surface area (Å²) in [7, 11) is 0. The Morgan fingerprint density at radius 3 is 2.30 bits per heavy atom. The lowest BCUT2D eigenvalue weighted by molar-refractivity contribution is 0.303. The van der Waals surface area contributed by atoms with E-state index >= 15 is 0 Å². The van der Waals surface area contributed by atoms with E-state index in [1.807, 2.05) is 0 Å². The van der Waals surface area contributed by atoms with E-state index < -0.39 is 0 Å². The SMILES string of the molecule is Cc1ccc(C)c(C(C#N)CCOc2cc(C)c(C)cc2C)c1. The molecule has 23 heavy (non-hydrogen) atoms. The van der Waals surface area contributed by atoms with Crippen molar-refractivity contribution in [3.05, 3.63) is 63.7 Å². The summed E-state index contributed by atoms with van der Waals surface area (Å²) in [6, 6.07) is 13.0. The lowest BCUT2D eigenvalue weighted by atomic mass is 9.92. The van der Waals surface area contributed by atoms with Crippen molar-refractivity contribution in [3.8, 4) is 11.8 Å². The molecule has 2 heteroatoms. The Morgan fingerprint density at radius 1 is 0.913 bits per heavy atom. The minimum Gasteiger partial charge on any atom is -0.493 e. The highest BCUT2D eigenvalue weighted by Gasteiger charge is 2.14. The minimum absolute atomic E-state index is 0.123. The van der Waals surface area contributed by atoms with Gasteiger partial charge in [-0.05, 0) is 68.5 Å². The monoisotopic (exact) mass is 307 g/mol. The first-order valence-electron chi connectivity index (χ1n) is 8.09. The Labute approximate surface area is 139 Å². The van der Waals surface area contributed by atoms with Crippen molar-refractivity contribution >= 4 is 0 Å². The molecule has 0 spiro atoms. The fourth-order valence-corrected chi connectivity index (χ4v) is 2.80. The van der Waals surface area contributed by atoms with Crippen molar-refractivity contribution in [2.75, 3.05) is 6.61 Å². The molecule has 0 N–H and O–H groups in total. The summed E-state index contributed by atoms with van der Waals surface area (Å²) in [6.45, 7) is 10.9. The Bertz CT molecular complexity index is 740. The zero-order valence-electron chi connectivity index (χ0n) is 14.7. The number of rotatable bonds is 5. The molecule has 0 amide bonds. The van der Waals surface area contributed by atoms with Crippen LogP contribution in [0.5, 0.6) is 5.75 Å². The molecule has 0 bridgehead atoms. The highest BCUT2D eigenvalue weighted by Crippen LogP contribution is 2.26. The van der Waals surface area contributed by atoms with Crippen LogP contribution in [0.15, 0.2) is 30.3 Å². The van der Waals surface area contributed by atoms with E-state index in [1.165, 1.54) is 22.3 Å². The first-order valence-corrected chi connectivity index (χ1v) is 8.09. The fourth-order valence-electron chi connectivity index (χ4n) is 2.80. The largest absolute Gasteiger partial charge is 0.493 e. The van der Waals surface area contributed by atoms with Crippen molar-refractivity contribution in [2.24, 2.45) is 0 Å². The number of hydrogen-bond acceptors (Lipinski definition) is 2. The van der Waals surface area contributed by atoms with Crippen molar-refractivity contribution < 1.29 is 4.74 Å². The topological polar surface area (TPSA) is 33.0 Å². The molecule has 2 nitrogen and oxygen atoms in total. The molecule has 2 rings (SSSR count). The molecular weight excluding hydrogens is 282 g/mol. The van der Waals surface area contributed by atoms with Crippen LogP contribution < -0.4 is 4.74 Å². The van der Waals surface area contributed by atoms with Crippen LogP contribution in [-0.2, 0) is 0 Å². The summed E-state index contributed by atoms with van der Waals surface area (Å²) >= 11 is 0. The summed E-state index contributed by atoms with van der Waals surface area (Å²) in [5.74, 6) is 0.799. The molecule has 1 unspecified atom stereocenters. The maximum absolute atomic E-state index is 9.52. The maximum atomic E-state index is 9.52. The molecule has 0 fully saturated rings. The van der Waals surface area contributed by atoms with Gasteiger partial charge in [-0.2, -0.15) is 5.26 Å². The normalized spacial score (nSPS) is 11.8. The summed E-state index contributed by atoms with van der Waals surface area (Å²) in [4.78, 5) is 0. The Morgan fingerprint density at radius 2 is 1.61 bits per heavy atom. The van der Waals surface area contributed by atoms with Crippen LogP contribution >= 0.6 is 0 Å². The molecule has 0 saturated heterocycles. The molecule has 2 aromatic carbocycles. The van der Waals surface area contributed by atoms with E-state index in [2.05, 4.69) is 71.0 Å². The van der Waals surface area contributed by atoms with E-state index in [0.717, 1.165) is 16.9 Å². The molecule has 0 aromatic heterocycles. The molecule has 120 valence electrons. The van der Waals surface area contributed by atoms with Crippen molar-refractivity contribution in [2.45, 2.75) is 47.0 Å². The Balaban J connectivity index is 2.06. The number of ether oxygens (including phenoxy) is 1. The third-order valence-corrected chi connectivity index (χ3v) is 4.42. The van der Waals surface area contributed by atoms with Crippen LogP contribution in [0, 0.1) is 45.9 Å². The van der Waals surface area contributed by atoms with Gasteiger partial charge in [-0.1, -0.05) is 29.8 Å². The first kappa shape index (κ1) is 17.1. The minimum atomic E-state index is -0.123. The number of nitriles is 1. The first-order chi connectivity index (χ1) is 10.9. The smallest absolute Gasteiger partial charge is 0.122 e. The van der Waals surface area contributed by atoms with E-state index in [-0.39, 0.29) is 5.92 Å². The quantitative estimate of drug-likeness (QED) is 0.750. The van der Waals surface area contributed by atoms with Crippen molar-refractivity contribution in [1.82, 2.24) is 0 Å². The molecule has 0 aliphatic carbocycles. The van der Waals surface area contributed by atoms with Crippen molar-refractivity contribution in [1.29, 1.82) is 5.26 Å². The molecule has 0 radical (unpaired) electrons. The average Bonchev–Trinajstić information content (AvgIpc) is 2.51. The Kier molecular flexibility index (Phi) is 5.45. The second-order valence-corrected chi connectivity index (χ2v) is 6.38. The average molecular weight is 307 g/mol. The van der Waals surface area contributed by atoms with Gasteiger partial charge in [-0.15, -0.1) is 0 Å². The molecule has 0 aliphatic rings. The lowest BCUT2D eigenvalue weighted by Crippen LogP contribution is -2.07. The van der Waals surface area contributed by atoms with Crippen molar-refractivity contribution in [3.63, 3.8) is 0 Å². The molecule has 2 aromatic rings. The van der Waals surface area contributed by atoms with E-state index in [1.54, 1.807) is 0 Å². The zero-order valence-corrected chi connectivity index (χ0v) is 14.7. The second kappa shape index (κ2) is 7.33. The van der Waals surface area contributed by atoms with E-state index in [0.29, 0.717) is 13.0 Å². The third-order valence-electron chi connectivity index (χ3n) is 4.42. The predicted molar refractivity (Wildman–Crippen MR) is 95.0 cm³/mol. The van der Waals surface area contributed by atoms with E-state index in [9.17, 15) is 5.26 Å². The highest BCUT2D eigenvalue weighted by atomic mass is 16.5. The van der Waals surface area contributed by atoms with Gasteiger partial charge in [-0.3, -0.25) is 0 Å².